The van der Waals surface area contributed by atoms with E-state index < -0.39 is 0 Å². The second kappa shape index (κ2) is 6.19. The Hall–Kier alpha value is -1.84. The first-order valence-corrected chi connectivity index (χ1v) is 6.14. The minimum Gasteiger partial charge on any atom is -0.383 e. The Morgan fingerprint density at radius 1 is 0.889 bits per heavy atom. The van der Waals surface area contributed by atoms with Gasteiger partial charge in [0.1, 0.15) is 0 Å². The molecule has 0 aliphatic carbocycles. The molecular weight excluding hydrogens is 222 g/mol. The number of hydrogen-bond acceptors (Lipinski definition) is 3. The average molecular weight is 241 g/mol. The predicted octanol–water partition coefficient (Wildman–Crippen LogP) is 2.05. The fourth-order valence-electron chi connectivity index (χ4n) is 1.74. The summed E-state index contributed by atoms with van der Waals surface area (Å²) >= 11 is 0. The Kier molecular flexibility index (Phi) is 4.34. The second-order valence-corrected chi connectivity index (χ2v) is 4.32. The van der Waals surface area contributed by atoms with Crippen LogP contribution in [-0.4, -0.2) is 19.1 Å². The SMILES string of the molecule is NCC(N)CNc1ccc(-c2ccccc2)cc1. The molecule has 5 N–H and O–H groups in total. The van der Waals surface area contributed by atoms with Crippen LogP contribution < -0.4 is 16.8 Å². The summed E-state index contributed by atoms with van der Waals surface area (Å²) in [6.45, 7) is 1.19. The Balaban J connectivity index is 2.02. The first kappa shape index (κ1) is 12.6. The van der Waals surface area contributed by atoms with Crippen LogP contribution in [0.15, 0.2) is 54.6 Å². The van der Waals surface area contributed by atoms with E-state index in [1.54, 1.807) is 0 Å². The van der Waals surface area contributed by atoms with Crippen molar-refractivity contribution >= 4 is 5.69 Å². The molecule has 0 heterocycles. The molecule has 0 saturated heterocycles. The maximum Gasteiger partial charge on any atom is 0.0341 e. The molecule has 2 aromatic carbocycles. The van der Waals surface area contributed by atoms with Gasteiger partial charge >= 0.3 is 0 Å². The average Bonchev–Trinajstić information content (AvgIpc) is 2.46. The molecule has 3 nitrogen and oxygen atoms in total. The van der Waals surface area contributed by atoms with Crippen molar-refractivity contribution in [3.63, 3.8) is 0 Å². The van der Waals surface area contributed by atoms with Gasteiger partial charge in [0.05, 0.1) is 0 Å². The van der Waals surface area contributed by atoms with Gasteiger partial charge in [-0.25, -0.2) is 0 Å². The van der Waals surface area contributed by atoms with Crippen LogP contribution in [-0.2, 0) is 0 Å². The van der Waals surface area contributed by atoms with Crippen LogP contribution in [0, 0.1) is 0 Å². The maximum absolute atomic E-state index is 5.75. The Bertz CT molecular complexity index is 465. The van der Waals surface area contributed by atoms with E-state index in [2.05, 4.69) is 41.7 Å². The molecule has 1 atom stereocenters. The summed E-state index contributed by atoms with van der Waals surface area (Å²) in [7, 11) is 0. The van der Waals surface area contributed by atoms with Gasteiger partial charge in [0.2, 0.25) is 0 Å². The second-order valence-electron chi connectivity index (χ2n) is 4.32. The van der Waals surface area contributed by atoms with Crippen LogP contribution in [0.4, 0.5) is 5.69 Å². The molecule has 2 aromatic rings. The molecule has 0 radical (unpaired) electrons. The number of nitrogens with two attached hydrogens (primary N) is 2. The summed E-state index contributed by atoms with van der Waals surface area (Å²) in [4.78, 5) is 0. The van der Waals surface area contributed by atoms with Gasteiger partial charge in [0.15, 0.2) is 0 Å². The topological polar surface area (TPSA) is 64.1 Å². The van der Waals surface area contributed by atoms with Crippen LogP contribution in [0.5, 0.6) is 0 Å². The van der Waals surface area contributed by atoms with E-state index in [-0.39, 0.29) is 6.04 Å². The van der Waals surface area contributed by atoms with Gasteiger partial charge < -0.3 is 16.8 Å². The Morgan fingerprint density at radius 3 is 2.11 bits per heavy atom. The van der Waals surface area contributed by atoms with Crippen molar-refractivity contribution in [1.82, 2.24) is 0 Å². The number of rotatable bonds is 5. The van der Waals surface area contributed by atoms with Crippen LogP contribution in [0.25, 0.3) is 11.1 Å². The number of hydrogen-bond donors (Lipinski definition) is 3. The largest absolute Gasteiger partial charge is 0.383 e. The lowest BCUT2D eigenvalue weighted by Crippen LogP contribution is -2.36. The van der Waals surface area contributed by atoms with E-state index >= 15 is 0 Å². The van der Waals surface area contributed by atoms with E-state index in [1.165, 1.54) is 11.1 Å². The molecule has 18 heavy (non-hydrogen) atoms. The summed E-state index contributed by atoms with van der Waals surface area (Å²) < 4.78 is 0. The molecule has 0 aromatic heterocycles. The number of anilines is 1. The highest BCUT2D eigenvalue weighted by atomic mass is 14.9. The summed E-state index contributed by atoms with van der Waals surface area (Å²) in [5.74, 6) is 0. The fraction of sp³-hybridized carbons (Fsp3) is 0.200. The normalized spacial score (nSPS) is 12.1. The molecule has 94 valence electrons. The predicted molar refractivity (Wildman–Crippen MR) is 77.4 cm³/mol. The van der Waals surface area contributed by atoms with Gasteiger partial charge in [-0.2, -0.15) is 0 Å². The quantitative estimate of drug-likeness (QED) is 0.750. The number of nitrogens with one attached hydrogen (secondary N) is 1. The van der Waals surface area contributed by atoms with Crippen molar-refractivity contribution in [1.29, 1.82) is 0 Å². The van der Waals surface area contributed by atoms with Gasteiger partial charge in [-0.05, 0) is 23.3 Å². The summed E-state index contributed by atoms with van der Waals surface area (Å²) in [6.07, 6.45) is 0. The molecule has 0 saturated carbocycles. The Morgan fingerprint density at radius 2 is 1.50 bits per heavy atom. The van der Waals surface area contributed by atoms with Crippen LogP contribution in [0.1, 0.15) is 0 Å². The number of benzene rings is 2. The van der Waals surface area contributed by atoms with E-state index in [1.807, 2.05) is 18.2 Å². The highest BCUT2D eigenvalue weighted by Gasteiger charge is 2.00. The molecule has 0 aliphatic heterocycles. The molecule has 0 aliphatic rings. The molecule has 2 rings (SSSR count). The zero-order valence-electron chi connectivity index (χ0n) is 10.3. The lowest BCUT2D eigenvalue weighted by atomic mass is 10.1. The first-order valence-electron chi connectivity index (χ1n) is 6.14. The third kappa shape index (κ3) is 3.32. The maximum atomic E-state index is 5.75. The summed E-state index contributed by atoms with van der Waals surface area (Å²) in [5.41, 5.74) is 14.7. The van der Waals surface area contributed by atoms with E-state index in [4.69, 9.17) is 11.5 Å². The monoisotopic (exact) mass is 241 g/mol. The van der Waals surface area contributed by atoms with Crippen molar-refractivity contribution in [2.75, 3.05) is 18.4 Å². The van der Waals surface area contributed by atoms with Gasteiger partial charge in [-0.15, -0.1) is 0 Å². The summed E-state index contributed by atoms with van der Waals surface area (Å²) in [6, 6.07) is 18.6. The Labute approximate surface area is 108 Å². The van der Waals surface area contributed by atoms with Crippen molar-refractivity contribution in [2.24, 2.45) is 11.5 Å². The van der Waals surface area contributed by atoms with Gasteiger partial charge in [-0.1, -0.05) is 42.5 Å². The smallest absolute Gasteiger partial charge is 0.0341 e. The molecular formula is C15H19N3. The highest BCUT2D eigenvalue weighted by Crippen LogP contribution is 2.20. The lowest BCUT2D eigenvalue weighted by Gasteiger charge is -2.11. The molecule has 0 bridgehead atoms. The third-order valence-corrected chi connectivity index (χ3v) is 2.86. The van der Waals surface area contributed by atoms with Crippen molar-refractivity contribution in [2.45, 2.75) is 6.04 Å². The zero-order valence-corrected chi connectivity index (χ0v) is 10.3. The van der Waals surface area contributed by atoms with Crippen molar-refractivity contribution in [3.05, 3.63) is 54.6 Å². The first-order chi connectivity index (χ1) is 8.79. The van der Waals surface area contributed by atoms with Crippen molar-refractivity contribution in [3.8, 4) is 11.1 Å². The highest BCUT2D eigenvalue weighted by molar-refractivity contribution is 5.65. The fourth-order valence-corrected chi connectivity index (χ4v) is 1.74. The van der Waals surface area contributed by atoms with Gasteiger partial charge in [-0.3, -0.25) is 0 Å². The minimum absolute atomic E-state index is 0.00111. The molecule has 1 unspecified atom stereocenters. The van der Waals surface area contributed by atoms with Crippen LogP contribution in [0.2, 0.25) is 0 Å². The standard InChI is InChI=1S/C15H19N3/c16-10-14(17)11-18-15-8-6-13(7-9-15)12-4-2-1-3-5-12/h1-9,14,18H,10-11,16-17H2. The van der Waals surface area contributed by atoms with Crippen LogP contribution >= 0.6 is 0 Å². The van der Waals surface area contributed by atoms with Gasteiger partial charge in [0, 0.05) is 24.8 Å². The van der Waals surface area contributed by atoms with Crippen LogP contribution in [0.3, 0.4) is 0 Å². The molecule has 0 spiro atoms. The van der Waals surface area contributed by atoms with E-state index in [0.717, 1.165) is 5.69 Å². The molecule has 3 heteroatoms. The molecule has 0 fully saturated rings. The van der Waals surface area contributed by atoms with Gasteiger partial charge in [0.25, 0.3) is 0 Å². The summed E-state index contributed by atoms with van der Waals surface area (Å²) in [5, 5.41) is 3.27. The van der Waals surface area contributed by atoms with E-state index in [9.17, 15) is 0 Å². The van der Waals surface area contributed by atoms with E-state index in [0.29, 0.717) is 13.1 Å². The third-order valence-electron chi connectivity index (χ3n) is 2.86. The zero-order chi connectivity index (χ0) is 12.8. The molecule has 0 amide bonds. The van der Waals surface area contributed by atoms with Crippen molar-refractivity contribution < 1.29 is 0 Å². The minimum atomic E-state index is -0.00111. The lowest BCUT2D eigenvalue weighted by molar-refractivity contribution is 0.713.